The lowest BCUT2D eigenvalue weighted by atomic mass is 9.89. The van der Waals surface area contributed by atoms with Crippen LogP contribution in [0.15, 0.2) is 114 Å². The molecule has 0 bridgehead atoms. The van der Waals surface area contributed by atoms with Crippen molar-refractivity contribution in [2.24, 2.45) is 0 Å². The van der Waals surface area contributed by atoms with Crippen LogP contribution in [0.25, 0.3) is 54.6 Å². The lowest BCUT2D eigenvalue weighted by molar-refractivity contribution is 1.40. The summed E-state index contributed by atoms with van der Waals surface area (Å²) in [5, 5.41) is 7.84. The largest absolute Gasteiger partial charge is 0.143 e. The van der Waals surface area contributed by atoms with Crippen LogP contribution in [0, 0.1) is 6.92 Å². The predicted octanol–water partition coefficient (Wildman–Crippen LogP) is 9.08. The number of rotatable bonds is 2. The van der Waals surface area contributed by atoms with Crippen molar-refractivity contribution < 1.29 is 0 Å². The van der Waals surface area contributed by atoms with Crippen molar-refractivity contribution >= 4 is 44.9 Å². The summed E-state index contributed by atoms with van der Waals surface area (Å²) >= 11 is 4.70. The van der Waals surface area contributed by atoms with Crippen molar-refractivity contribution in [3.8, 4) is 22.3 Å². The Morgan fingerprint density at radius 3 is 1.59 bits per heavy atom. The minimum Gasteiger partial charge on any atom is -0.143 e. The van der Waals surface area contributed by atoms with E-state index in [1.807, 2.05) is 6.07 Å². The predicted molar refractivity (Wildman–Crippen MR) is 142 cm³/mol. The van der Waals surface area contributed by atoms with Crippen LogP contribution >= 0.6 is 12.6 Å². The average molecular weight is 427 g/mol. The monoisotopic (exact) mass is 426 g/mol. The molecule has 0 aromatic heterocycles. The highest BCUT2D eigenvalue weighted by molar-refractivity contribution is 7.80. The van der Waals surface area contributed by atoms with Gasteiger partial charge in [0, 0.05) is 4.90 Å². The SMILES string of the molecule is Cc1c(-c2ccc3c4ccccc4c4ccccc4c3c2)cccc1-c1ccccc1S. The van der Waals surface area contributed by atoms with Gasteiger partial charge in [-0.1, -0.05) is 97.1 Å². The van der Waals surface area contributed by atoms with Crippen LogP contribution in [-0.2, 0) is 0 Å². The summed E-state index contributed by atoms with van der Waals surface area (Å²) in [7, 11) is 0. The van der Waals surface area contributed by atoms with E-state index in [0.29, 0.717) is 0 Å². The molecule has 6 rings (SSSR count). The highest BCUT2D eigenvalue weighted by atomic mass is 32.1. The second kappa shape index (κ2) is 7.55. The highest BCUT2D eigenvalue weighted by Gasteiger charge is 2.13. The van der Waals surface area contributed by atoms with Gasteiger partial charge in [-0.15, -0.1) is 12.6 Å². The summed E-state index contributed by atoms with van der Waals surface area (Å²) in [6.45, 7) is 2.22. The third-order valence-corrected chi connectivity index (χ3v) is 6.97. The number of hydrogen-bond acceptors (Lipinski definition) is 1. The van der Waals surface area contributed by atoms with E-state index < -0.39 is 0 Å². The molecule has 6 aromatic rings. The molecule has 0 saturated heterocycles. The quantitative estimate of drug-likeness (QED) is 0.207. The van der Waals surface area contributed by atoms with Gasteiger partial charge in [-0.3, -0.25) is 0 Å². The fourth-order valence-electron chi connectivity index (χ4n) is 5.02. The van der Waals surface area contributed by atoms with E-state index in [1.54, 1.807) is 0 Å². The molecule has 0 aliphatic carbocycles. The topological polar surface area (TPSA) is 0 Å². The summed E-state index contributed by atoms with van der Waals surface area (Å²) in [6.07, 6.45) is 0. The van der Waals surface area contributed by atoms with E-state index in [1.165, 1.54) is 60.1 Å². The first kappa shape index (κ1) is 19.2. The molecule has 152 valence electrons. The van der Waals surface area contributed by atoms with E-state index in [2.05, 4.69) is 110 Å². The molecule has 0 atom stereocenters. The maximum Gasteiger partial charge on any atom is 0.0119 e. The summed E-state index contributed by atoms with van der Waals surface area (Å²) in [5.41, 5.74) is 6.19. The maximum absolute atomic E-state index is 4.70. The molecule has 0 heterocycles. The molecule has 32 heavy (non-hydrogen) atoms. The third kappa shape index (κ3) is 2.93. The normalized spacial score (nSPS) is 11.4. The van der Waals surface area contributed by atoms with Gasteiger partial charge in [0.05, 0.1) is 0 Å². The van der Waals surface area contributed by atoms with Crippen LogP contribution in [0.3, 0.4) is 0 Å². The Morgan fingerprint density at radius 2 is 0.938 bits per heavy atom. The zero-order chi connectivity index (χ0) is 21.7. The molecule has 0 saturated carbocycles. The fourth-order valence-corrected chi connectivity index (χ4v) is 5.30. The molecule has 0 radical (unpaired) electrons. The third-order valence-electron chi connectivity index (χ3n) is 6.58. The Morgan fingerprint density at radius 1 is 0.438 bits per heavy atom. The van der Waals surface area contributed by atoms with Crippen molar-refractivity contribution in [1.29, 1.82) is 0 Å². The molecule has 0 fully saturated rings. The van der Waals surface area contributed by atoms with E-state index in [-0.39, 0.29) is 0 Å². The zero-order valence-electron chi connectivity index (χ0n) is 17.8. The molecule has 0 N–H and O–H groups in total. The van der Waals surface area contributed by atoms with Gasteiger partial charge in [-0.25, -0.2) is 0 Å². The molecule has 0 amide bonds. The first-order valence-corrected chi connectivity index (χ1v) is 11.4. The molecule has 0 unspecified atom stereocenters. The summed E-state index contributed by atoms with van der Waals surface area (Å²) in [5.74, 6) is 0. The van der Waals surface area contributed by atoms with Crippen LogP contribution in [0.5, 0.6) is 0 Å². The van der Waals surface area contributed by atoms with Crippen LogP contribution in [0.2, 0.25) is 0 Å². The van der Waals surface area contributed by atoms with Gasteiger partial charge in [0.1, 0.15) is 0 Å². The van der Waals surface area contributed by atoms with Gasteiger partial charge in [-0.2, -0.15) is 0 Å². The number of thiol groups is 1. The van der Waals surface area contributed by atoms with Crippen molar-refractivity contribution in [2.45, 2.75) is 11.8 Å². The minimum atomic E-state index is 1.00. The second-order valence-electron chi connectivity index (χ2n) is 8.35. The van der Waals surface area contributed by atoms with Crippen molar-refractivity contribution in [2.75, 3.05) is 0 Å². The van der Waals surface area contributed by atoms with Gasteiger partial charge >= 0.3 is 0 Å². The van der Waals surface area contributed by atoms with Crippen LogP contribution in [0.1, 0.15) is 5.56 Å². The lowest BCUT2D eigenvalue weighted by Crippen LogP contribution is -1.90. The number of benzene rings is 6. The molecular weight excluding hydrogens is 404 g/mol. The smallest absolute Gasteiger partial charge is 0.0119 e. The van der Waals surface area contributed by atoms with E-state index in [9.17, 15) is 0 Å². The summed E-state index contributed by atoms with van der Waals surface area (Å²) < 4.78 is 0. The standard InChI is InChI=1S/C31H22S/c1-20-22(14-8-15-23(20)29-13-6-7-16-31(29)32)21-17-18-28-26-11-3-2-9-24(26)25-10-4-5-12-27(25)30(28)19-21/h2-19,32H,1H3. The van der Waals surface area contributed by atoms with E-state index in [4.69, 9.17) is 12.6 Å². The van der Waals surface area contributed by atoms with Gasteiger partial charge in [0.2, 0.25) is 0 Å². The lowest BCUT2D eigenvalue weighted by Gasteiger charge is -2.15. The molecule has 0 spiro atoms. The molecule has 0 aliphatic rings. The first-order chi connectivity index (χ1) is 15.7. The maximum atomic E-state index is 4.70. The van der Waals surface area contributed by atoms with Gasteiger partial charge in [0.15, 0.2) is 0 Å². The highest BCUT2D eigenvalue weighted by Crippen LogP contribution is 2.39. The van der Waals surface area contributed by atoms with Crippen molar-refractivity contribution in [3.05, 3.63) is 115 Å². The molecule has 0 nitrogen and oxygen atoms in total. The van der Waals surface area contributed by atoms with E-state index >= 15 is 0 Å². The van der Waals surface area contributed by atoms with Gasteiger partial charge in [0.25, 0.3) is 0 Å². The molecule has 0 aliphatic heterocycles. The fraction of sp³-hybridized carbons (Fsp3) is 0.0323. The Labute approximate surface area is 193 Å². The Balaban J connectivity index is 1.64. The zero-order valence-corrected chi connectivity index (χ0v) is 18.7. The minimum absolute atomic E-state index is 1.00. The summed E-state index contributed by atoms with van der Waals surface area (Å²) in [6, 6.07) is 39.3. The number of hydrogen-bond donors (Lipinski definition) is 1. The molecular formula is C31H22S. The Hall–Kier alpha value is -3.55. The van der Waals surface area contributed by atoms with Crippen LogP contribution in [0.4, 0.5) is 0 Å². The van der Waals surface area contributed by atoms with Gasteiger partial charge in [-0.05, 0) is 79.2 Å². The first-order valence-electron chi connectivity index (χ1n) is 10.9. The van der Waals surface area contributed by atoms with Crippen molar-refractivity contribution in [3.63, 3.8) is 0 Å². The van der Waals surface area contributed by atoms with E-state index in [0.717, 1.165) is 4.90 Å². The van der Waals surface area contributed by atoms with Crippen molar-refractivity contribution in [1.82, 2.24) is 0 Å². The average Bonchev–Trinajstić information content (AvgIpc) is 2.85. The molecule has 1 heteroatoms. The second-order valence-corrected chi connectivity index (χ2v) is 8.83. The number of fused-ring (bicyclic) bond motifs is 6. The summed E-state index contributed by atoms with van der Waals surface area (Å²) in [4.78, 5) is 1.00. The van der Waals surface area contributed by atoms with Gasteiger partial charge < -0.3 is 0 Å². The Bertz CT molecular complexity index is 1610. The molecule has 6 aromatic carbocycles. The Kier molecular flexibility index (Phi) is 4.52. The van der Waals surface area contributed by atoms with Crippen LogP contribution in [-0.4, -0.2) is 0 Å². The van der Waals surface area contributed by atoms with Crippen LogP contribution < -0.4 is 0 Å².